The first-order chi connectivity index (χ1) is 11.8. The molecule has 0 amide bonds. The lowest BCUT2D eigenvalue weighted by atomic mass is 10.0. The third kappa shape index (κ3) is 10.6. The van der Waals surface area contributed by atoms with Crippen molar-refractivity contribution in [2.75, 3.05) is 0 Å². The SMILES string of the molecule is CCCCCCCCc1ccccc1OC(C)OC(C)OP(=O)(O)O. The average molecular weight is 374 g/mol. The predicted octanol–water partition coefficient (Wildman–Crippen LogP) is 4.79. The summed E-state index contributed by atoms with van der Waals surface area (Å²) in [4.78, 5) is 17.6. The van der Waals surface area contributed by atoms with Crippen LogP contribution < -0.4 is 4.74 Å². The van der Waals surface area contributed by atoms with Crippen molar-refractivity contribution < 1.29 is 28.3 Å². The number of hydrogen-bond donors (Lipinski definition) is 2. The van der Waals surface area contributed by atoms with Gasteiger partial charge in [-0.3, -0.25) is 4.52 Å². The Labute approximate surface area is 150 Å². The first kappa shape index (κ1) is 22.1. The minimum atomic E-state index is -4.58. The lowest BCUT2D eigenvalue weighted by Gasteiger charge is -2.21. The first-order valence-electron chi connectivity index (χ1n) is 8.95. The van der Waals surface area contributed by atoms with Crippen LogP contribution in [0, 0.1) is 0 Å². The predicted molar refractivity (Wildman–Crippen MR) is 97.3 cm³/mol. The van der Waals surface area contributed by atoms with E-state index in [4.69, 9.17) is 19.3 Å². The molecule has 1 aromatic carbocycles. The van der Waals surface area contributed by atoms with Crippen LogP contribution >= 0.6 is 7.82 Å². The summed E-state index contributed by atoms with van der Waals surface area (Å²) in [5.41, 5.74) is 1.11. The summed E-state index contributed by atoms with van der Waals surface area (Å²) in [5.74, 6) is 0.729. The van der Waals surface area contributed by atoms with Crippen LogP contribution in [-0.2, 0) is 20.2 Å². The molecule has 7 heteroatoms. The zero-order valence-electron chi connectivity index (χ0n) is 15.4. The fraction of sp³-hybridized carbons (Fsp3) is 0.667. The number of para-hydroxylation sites is 1. The zero-order valence-corrected chi connectivity index (χ0v) is 16.3. The van der Waals surface area contributed by atoms with E-state index in [2.05, 4.69) is 11.4 Å². The van der Waals surface area contributed by atoms with Gasteiger partial charge in [0, 0.05) is 0 Å². The summed E-state index contributed by atoms with van der Waals surface area (Å²) in [6, 6.07) is 7.77. The minimum absolute atomic E-state index is 0.688. The van der Waals surface area contributed by atoms with Crippen LogP contribution in [0.3, 0.4) is 0 Å². The molecule has 1 rings (SSSR count). The molecule has 0 saturated carbocycles. The maximum atomic E-state index is 10.8. The lowest BCUT2D eigenvalue weighted by molar-refractivity contribution is -0.173. The molecule has 2 N–H and O–H groups in total. The fourth-order valence-corrected chi connectivity index (χ4v) is 3.05. The van der Waals surface area contributed by atoms with Crippen molar-refractivity contribution in [3.05, 3.63) is 29.8 Å². The van der Waals surface area contributed by atoms with Crippen molar-refractivity contribution in [2.24, 2.45) is 0 Å². The van der Waals surface area contributed by atoms with Gasteiger partial charge in [-0.25, -0.2) is 4.57 Å². The molecule has 2 unspecified atom stereocenters. The minimum Gasteiger partial charge on any atom is -0.465 e. The van der Waals surface area contributed by atoms with E-state index in [1.54, 1.807) is 6.92 Å². The van der Waals surface area contributed by atoms with Gasteiger partial charge in [-0.2, -0.15) is 0 Å². The van der Waals surface area contributed by atoms with Gasteiger partial charge < -0.3 is 19.3 Å². The Hall–Kier alpha value is -0.910. The Morgan fingerprint density at radius 1 is 1.00 bits per heavy atom. The molecule has 0 aromatic heterocycles. The molecule has 0 spiro atoms. The largest absolute Gasteiger partial charge is 0.471 e. The summed E-state index contributed by atoms with van der Waals surface area (Å²) in [6.45, 7) is 5.30. The van der Waals surface area contributed by atoms with Crippen molar-refractivity contribution >= 4 is 7.82 Å². The highest BCUT2D eigenvalue weighted by Gasteiger charge is 2.21. The summed E-state index contributed by atoms with van der Waals surface area (Å²) in [7, 11) is -4.58. The highest BCUT2D eigenvalue weighted by molar-refractivity contribution is 7.46. The monoisotopic (exact) mass is 374 g/mol. The molecule has 0 aliphatic carbocycles. The van der Waals surface area contributed by atoms with E-state index in [1.165, 1.54) is 39.0 Å². The molecule has 0 fully saturated rings. The Kier molecular flexibility index (Phi) is 10.3. The van der Waals surface area contributed by atoms with Crippen LogP contribution in [0.1, 0.15) is 64.9 Å². The highest BCUT2D eigenvalue weighted by Crippen LogP contribution is 2.38. The summed E-state index contributed by atoms with van der Waals surface area (Å²) in [5, 5.41) is 0. The van der Waals surface area contributed by atoms with Gasteiger partial charge in [-0.15, -0.1) is 0 Å². The number of benzene rings is 1. The van der Waals surface area contributed by atoms with Crippen LogP contribution in [0.4, 0.5) is 0 Å². The van der Waals surface area contributed by atoms with E-state index < -0.39 is 20.4 Å². The van der Waals surface area contributed by atoms with Crippen LogP contribution in [0.5, 0.6) is 5.75 Å². The Morgan fingerprint density at radius 3 is 2.32 bits per heavy atom. The number of phosphoric acid groups is 1. The van der Waals surface area contributed by atoms with Crippen molar-refractivity contribution in [3.8, 4) is 5.75 Å². The molecule has 144 valence electrons. The fourth-order valence-electron chi connectivity index (χ4n) is 2.62. The Bertz CT molecular complexity index is 530. The third-order valence-electron chi connectivity index (χ3n) is 3.73. The van der Waals surface area contributed by atoms with E-state index in [1.807, 2.05) is 24.3 Å². The summed E-state index contributed by atoms with van der Waals surface area (Å²) in [6.07, 6.45) is 6.58. The van der Waals surface area contributed by atoms with Gasteiger partial charge in [0.2, 0.25) is 0 Å². The molecule has 25 heavy (non-hydrogen) atoms. The van der Waals surface area contributed by atoms with Gasteiger partial charge in [-0.05, 0) is 38.3 Å². The smallest absolute Gasteiger partial charge is 0.465 e. The maximum Gasteiger partial charge on any atom is 0.471 e. The average Bonchev–Trinajstić information content (AvgIpc) is 2.50. The summed E-state index contributed by atoms with van der Waals surface area (Å²) < 4.78 is 26.3. The van der Waals surface area contributed by atoms with Crippen LogP contribution in [-0.4, -0.2) is 22.4 Å². The Balaban J connectivity index is 2.45. The third-order valence-corrected chi connectivity index (χ3v) is 4.31. The lowest BCUT2D eigenvalue weighted by Crippen LogP contribution is -2.24. The molecule has 6 nitrogen and oxygen atoms in total. The summed E-state index contributed by atoms with van der Waals surface area (Å²) >= 11 is 0. The number of unbranched alkanes of at least 4 members (excludes halogenated alkanes) is 5. The quantitative estimate of drug-likeness (QED) is 0.293. The molecular weight excluding hydrogens is 343 g/mol. The second-order valence-electron chi connectivity index (χ2n) is 6.11. The molecular formula is C18H31O6P. The van der Waals surface area contributed by atoms with E-state index in [0.717, 1.165) is 24.2 Å². The van der Waals surface area contributed by atoms with Crippen molar-refractivity contribution in [3.63, 3.8) is 0 Å². The number of phosphoric ester groups is 1. The van der Waals surface area contributed by atoms with Gasteiger partial charge in [0.05, 0.1) is 0 Å². The number of ether oxygens (including phenoxy) is 2. The van der Waals surface area contributed by atoms with E-state index in [0.29, 0.717) is 0 Å². The number of hydrogen-bond acceptors (Lipinski definition) is 4. The number of rotatable bonds is 13. The van der Waals surface area contributed by atoms with Gasteiger partial charge in [0.1, 0.15) is 5.75 Å². The number of aryl methyl sites for hydroxylation is 1. The van der Waals surface area contributed by atoms with Crippen molar-refractivity contribution in [2.45, 2.75) is 78.3 Å². The molecule has 0 saturated heterocycles. The normalized spacial score (nSPS) is 14.3. The van der Waals surface area contributed by atoms with Gasteiger partial charge in [0.15, 0.2) is 12.6 Å². The Morgan fingerprint density at radius 2 is 1.64 bits per heavy atom. The van der Waals surface area contributed by atoms with Gasteiger partial charge in [0.25, 0.3) is 0 Å². The van der Waals surface area contributed by atoms with Crippen LogP contribution in [0.15, 0.2) is 24.3 Å². The molecule has 0 bridgehead atoms. The topological polar surface area (TPSA) is 85.2 Å². The van der Waals surface area contributed by atoms with Crippen LogP contribution in [0.25, 0.3) is 0 Å². The van der Waals surface area contributed by atoms with Gasteiger partial charge in [-0.1, -0.05) is 57.2 Å². The van der Waals surface area contributed by atoms with Gasteiger partial charge >= 0.3 is 7.82 Å². The van der Waals surface area contributed by atoms with Crippen molar-refractivity contribution in [1.29, 1.82) is 0 Å². The second-order valence-corrected chi connectivity index (χ2v) is 7.30. The van der Waals surface area contributed by atoms with E-state index >= 15 is 0 Å². The molecule has 1 aromatic rings. The van der Waals surface area contributed by atoms with E-state index in [9.17, 15) is 4.57 Å². The van der Waals surface area contributed by atoms with E-state index in [-0.39, 0.29) is 0 Å². The van der Waals surface area contributed by atoms with Crippen molar-refractivity contribution in [1.82, 2.24) is 0 Å². The van der Waals surface area contributed by atoms with Crippen LogP contribution in [0.2, 0.25) is 0 Å². The molecule has 0 heterocycles. The maximum absolute atomic E-state index is 10.8. The second kappa shape index (κ2) is 11.7. The standard InChI is InChI=1S/C18H31O6P/c1-4-5-6-7-8-9-12-17-13-10-11-14-18(17)23-15(2)22-16(3)24-25(19,20)21/h10-11,13-16H,4-9,12H2,1-3H3,(H2,19,20,21). The molecule has 0 radical (unpaired) electrons. The molecule has 0 aliphatic rings. The first-order valence-corrected chi connectivity index (χ1v) is 10.5. The molecule has 0 aliphatic heterocycles. The zero-order chi connectivity index (χ0) is 18.7. The molecule has 2 atom stereocenters. The highest BCUT2D eigenvalue weighted by atomic mass is 31.2.